The number of aryl methyl sites for hydroxylation is 2. The second kappa shape index (κ2) is 8.68. The van der Waals surface area contributed by atoms with E-state index in [1.165, 1.54) is 0 Å². The summed E-state index contributed by atoms with van der Waals surface area (Å²) in [6.07, 6.45) is 2.67. The lowest BCUT2D eigenvalue weighted by atomic mass is 10.1. The van der Waals surface area contributed by atoms with Crippen LogP contribution in [0.1, 0.15) is 30.9 Å². The molecule has 3 nitrogen and oxygen atoms in total. The van der Waals surface area contributed by atoms with Crippen molar-refractivity contribution in [2.45, 2.75) is 33.1 Å². The van der Waals surface area contributed by atoms with Crippen LogP contribution in [0.2, 0.25) is 5.02 Å². The fourth-order valence-corrected chi connectivity index (χ4v) is 2.52. The lowest BCUT2D eigenvalue weighted by Crippen LogP contribution is -2.04. The van der Waals surface area contributed by atoms with Crippen LogP contribution in [0.5, 0.6) is 17.2 Å². The van der Waals surface area contributed by atoms with Gasteiger partial charge in [0.1, 0.15) is 17.2 Å². The minimum atomic E-state index is 0.295. The fourth-order valence-electron chi connectivity index (χ4n) is 2.39. The summed E-state index contributed by atoms with van der Waals surface area (Å²) in [5, 5.41) is 10.3. The van der Waals surface area contributed by atoms with Crippen molar-refractivity contribution in [1.82, 2.24) is 0 Å². The topological polar surface area (TPSA) is 38.7 Å². The minimum Gasteiger partial charge on any atom is -0.508 e. The highest BCUT2D eigenvalue weighted by Gasteiger charge is 2.08. The van der Waals surface area contributed by atoms with Crippen LogP contribution >= 0.6 is 11.6 Å². The quantitative estimate of drug-likeness (QED) is 0.678. The highest BCUT2D eigenvalue weighted by molar-refractivity contribution is 6.30. The Morgan fingerprint density at radius 1 is 1.00 bits per heavy atom. The SMILES string of the molecule is CCc1cc(O)cc(C)c1OCCCCOc1ccc(Cl)cc1. The zero-order chi connectivity index (χ0) is 16.7. The fraction of sp³-hybridized carbons (Fsp3) is 0.368. The summed E-state index contributed by atoms with van der Waals surface area (Å²) in [5.74, 6) is 2.02. The van der Waals surface area contributed by atoms with Gasteiger partial charge >= 0.3 is 0 Å². The molecule has 2 aromatic carbocycles. The molecule has 23 heavy (non-hydrogen) atoms. The van der Waals surface area contributed by atoms with Crippen molar-refractivity contribution in [3.05, 3.63) is 52.5 Å². The zero-order valence-electron chi connectivity index (χ0n) is 13.6. The highest BCUT2D eigenvalue weighted by atomic mass is 35.5. The van der Waals surface area contributed by atoms with Crippen LogP contribution in [0.25, 0.3) is 0 Å². The maximum Gasteiger partial charge on any atom is 0.125 e. The molecule has 0 atom stereocenters. The number of benzene rings is 2. The van der Waals surface area contributed by atoms with Crippen LogP contribution in [-0.2, 0) is 6.42 Å². The molecule has 0 aliphatic rings. The van der Waals surface area contributed by atoms with Crippen molar-refractivity contribution in [1.29, 1.82) is 0 Å². The number of halogens is 1. The van der Waals surface area contributed by atoms with Crippen molar-refractivity contribution in [3.8, 4) is 17.2 Å². The van der Waals surface area contributed by atoms with Gasteiger partial charge < -0.3 is 14.6 Å². The molecule has 0 saturated carbocycles. The Morgan fingerprint density at radius 3 is 2.30 bits per heavy atom. The average Bonchev–Trinajstić information content (AvgIpc) is 2.53. The monoisotopic (exact) mass is 334 g/mol. The van der Waals surface area contributed by atoms with Gasteiger partial charge in [-0.1, -0.05) is 18.5 Å². The highest BCUT2D eigenvalue weighted by Crippen LogP contribution is 2.29. The number of unbranched alkanes of at least 4 members (excludes halogenated alkanes) is 1. The van der Waals surface area contributed by atoms with Crippen LogP contribution < -0.4 is 9.47 Å². The van der Waals surface area contributed by atoms with Crippen molar-refractivity contribution < 1.29 is 14.6 Å². The first-order chi connectivity index (χ1) is 11.1. The summed E-state index contributed by atoms with van der Waals surface area (Å²) in [4.78, 5) is 0. The third-order valence-corrected chi connectivity index (χ3v) is 3.84. The average molecular weight is 335 g/mol. The molecule has 2 rings (SSSR count). The molecule has 2 aromatic rings. The standard InChI is InChI=1S/C19H23ClO3/c1-3-15-13-17(21)12-14(2)19(15)23-11-5-4-10-22-18-8-6-16(20)7-9-18/h6-9,12-13,21H,3-5,10-11H2,1-2H3. The summed E-state index contributed by atoms with van der Waals surface area (Å²) < 4.78 is 11.5. The third-order valence-electron chi connectivity index (χ3n) is 3.58. The molecular weight excluding hydrogens is 312 g/mol. The molecule has 0 aliphatic carbocycles. The van der Waals surface area contributed by atoms with E-state index >= 15 is 0 Å². The number of phenols is 1. The first kappa shape index (κ1) is 17.5. The molecule has 0 unspecified atom stereocenters. The largest absolute Gasteiger partial charge is 0.508 e. The number of phenolic OH excluding ortho intramolecular Hbond substituents is 1. The molecule has 0 aliphatic heterocycles. The van der Waals surface area contributed by atoms with E-state index in [0.717, 1.165) is 41.9 Å². The first-order valence-corrected chi connectivity index (χ1v) is 8.31. The molecule has 0 saturated heterocycles. The van der Waals surface area contributed by atoms with Crippen molar-refractivity contribution in [3.63, 3.8) is 0 Å². The Bertz CT molecular complexity index is 623. The minimum absolute atomic E-state index is 0.295. The number of rotatable bonds is 8. The molecule has 124 valence electrons. The summed E-state index contributed by atoms with van der Waals surface area (Å²) in [5.41, 5.74) is 2.01. The Morgan fingerprint density at radius 2 is 1.65 bits per heavy atom. The Kier molecular flexibility index (Phi) is 6.60. The lowest BCUT2D eigenvalue weighted by Gasteiger charge is -2.14. The van der Waals surface area contributed by atoms with Gasteiger partial charge in [-0.3, -0.25) is 0 Å². The van der Waals surface area contributed by atoms with Gasteiger partial charge in [-0.2, -0.15) is 0 Å². The molecule has 4 heteroatoms. The zero-order valence-corrected chi connectivity index (χ0v) is 14.4. The number of hydrogen-bond donors (Lipinski definition) is 1. The lowest BCUT2D eigenvalue weighted by molar-refractivity contribution is 0.264. The van der Waals surface area contributed by atoms with Gasteiger partial charge in [-0.05, 0) is 73.7 Å². The molecule has 1 N–H and O–H groups in total. The van der Waals surface area contributed by atoms with E-state index in [9.17, 15) is 5.11 Å². The second-order valence-electron chi connectivity index (χ2n) is 5.46. The Balaban J connectivity index is 1.72. The van der Waals surface area contributed by atoms with Crippen LogP contribution in [-0.4, -0.2) is 18.3 Å². The van der Waals surface area contributed by atoms with E-state index in [1.807, 2.05) is 31.2 Å². The Hall–Kier alpha value is -1.87. The molecule has 0 heterocycles. The molecule has 0 bridgehead atoms. The van der Waals surface area contributed by atoms with Gasteiger partial charge in [0.25, 0.3) is 0 Å². The number of hydrogen-bond acceptors (Lipinski definition) is 3. The molecule has 0 amide bonds. The van der Waals surface area contributed by atoms with E-state index < -0.39 is 0 Å². The van der Waals surface area contributed by atoms with E-state index in [2.05, 4.69) is 6.92 Å². The summed E-state index contributed by atoms with van der Waals surface area (Å²) in [6.45, 7) is 5.31. The summed E-state index contributed by atoms with van der Waals surface area (Å²) in [6, 6.07) is 10.9. The van der Waals surface area contributed by atoms with Gasteiger partial charge in [0, 0.05) is 5.02 Å². The van der Waals surface area contributed by atoms with E-state index in [0.29, 0.717) is 24.0 Å². The van der Waals surface area contributed by atoms with Crippen molar-refractivity contribution in [2.24, 2.45) is 0 Å². The van der Waals surface area contributed by atoms with Crippen molar-refractivity contribution >= 4 is 11.6 Å². The smallest absolute Gasteiger partial charge is 0.125 e. The molecule has 0 aromatic heterocycles. The van der Waals surface area contributed by atoms with E-state index in [4.69, 9.17) is 21.1 Å². The van der Waals surface area contributed by atoms with Crippen LogP contribution in [0.3, 0.4) is 0 Å². The van der Waals surface area contributed by atoms with Crippen molar-refractivity contribution in [2.75, 3.05) is 13.2 Å². The molecule has 0 fully saturated rings. The molecule has 0 radical (unpaired) electrons. The molecular formula is C19H23ClO3. The Labute approximate surface area is 142 Å². The van der Waals surface area contributed by atoms with E-state index in [1.54, 1.807) is 12.1 Å². The normalized spacial score (nSPS) is 10.6. The summed E-state index contributed by atoms with van der Waals surface area (Å²) >= 11 is 5.83. The van der Waals surface area contributed by atoms with Crippen LogP contribution in [0.15, 0.2) is 36.4 Å². The van der Waals surface area contributed by atoms with Crippen LogP contribution in [0, 0.1) is 6.92 Å². The molecule has 0 spiro atoms. The number of aromatic hydroxyl groups is 1. The predicted octanol–water partition coefficient (Wildman–Crippen LogP) is 5.15. The second-order valence-corrected chi connectivity index (χ2v) is 5.90. The third kappa shape index (κ3) is 5.36. The predicted molar refractivity (Wildman–Crippen MR) is 93.9 cm³/mol. The first-order valence-electron chi connectivity index (χ1n) is 7.93. The van der Waals surface area contributed by atoms with Gasteiger partial charge in [-0.15, -0.1) is 0 Å². The van der Waals surface area contributed by atoms with Gasteiger partial charge in [0.2, 0.25) is 0 Å². The maximum absolute atomic E-state index is 9.64. The van der Waals surface area contributed by atoms with Gasteiger partial charge in [0.15, 0.2) is 0 Å². The van der Waals surface area contributed by atoms with Crippen LogP contribution in [0.4, 0.5) is 0 Å². The number of ether oxygens (including phenoxy) is 2. The van der Waals surface area contributed by atoms with Gasteiger partial charge in [-0.25, -0.2) is 0 Å². The van der Waals surface area contributed by atoms with Gasteiger partial charge in [0.05, 0.1) is 13.2 Å². The van der Waals surface area contributed by atoms with E-state index in [-0.39, 0.29) is 0 Å². The maximum atomic E-state index is 9.64. The summed E-state index contributed by atoms with van der Waals surface area (Å²) in [7, 11) is 0.